The van der Waals surface area contributed by atoms with E-state index in [1.807, 2.05) is 0 Å². The van der Waals surface area contributed by atoms with Crippen molar-refractivity contribution in [1.82, 2.24) is 0 Å². The molecule has 0 fully saturated rings. The quantitative estimate of drug-likeness (QED) is 0.169. The Hall–Kier alpha value is -6.96. The van der Waals surface area contributed by atoms with Gasteiger partial charge in [-0.05, 0) is 144 Å². The summed E-state index contributed by atoms with van der Waals surface area (Å²) < 4.78 is 0. The molecule has 0 heterocycles. The van der Waals surface area contributed by atoms with Crippen LogP contribution < -0.4 is 4.90 Å². The van der Waals surface area contributed by atoms with Gasteiger partial charge in [0.25, 0.3) is 0 Å². The number of anilines is 3. The number of aryl methyl sites for hydroxylation is 1. The molecule has 1 nitrogen and oxygen atoms in total. The lowest BCUT2D eigenvalue weighted by Gasteiger charge is -2.31. The Balaban J connectivity index is 1.00. The Labute approximate surface area is 346 Å². The van der Waals surface area contributed by atoms with Gasteiger partial charge in [-0.2, -0.15) is 0 Å². The van der Waals surface area contributed by atoms with Crippen molar-refractivity contribution in [3.63, 3.8) is 0 Å². The minimum atomic E-state index is -0.161. The second-order valence-electron chi connectivity index (χ2n) is 17.2. The highest BCUT2D eigenvalue weighted by Crippen LogP contribution is 2.59. The van der Waals surface area contributed by atoms with Gasteiger partial charge in [-0.15, -0.1) is 0 Å². The highest BCUT2D eigenvalue weighted by molar-refractivity contribution is 5.92. The molecule has 1 unspecified atom stereocenters. The van der Waals surface area contributed by atoms with Crippen molar-refractivity contribution in [1.29, 1.82) is 0 Å². The second kappa shape index (κ2) is 12.8. The predicted octanol–water partition coefficient (Wildman–Crippen LogP) is 15.2. The Morgan fingerprint density at radius 2 is 0.932 bits per heavy atom. The molecule has 1 atom stereocenters. The molecule has 59 heavy (non-hydrogen) atoms. The first-order chi connectivity index (χ1) is 29.0. The molecule has 0 aliphatic heterocycles. The van der Waals surface area contributed by atoms with E-state index in [-0.39, 0.29) is 10.8 Å². The molecule has 0 N–H and O–H groups in total. The standard InChI is InChI=1S/C58H43N/c1-57(2)53-20-9-6-16-49(53)51-18-11-17-47(56(51)57)40-26-30-45(31-27-40)59(44-28-24-39(25-29-44)43-23-22-38-12-3-4-14-42(38)36-43)46-32-33-50-48-15-7-10-21-54(48)58(55(50)37-46)35-34-41-13-5-8-19-52(41)58/h3-33,36-37H,34-35H2,1-2H3. The number of benzene rings is 9. The fourth-order valence-electron chi connectivity index (χ4n) is 11.2. The summed E-state index contributed by atoms with van der Waals surface area (Å²) in [5.74, 6) is 0. The number of nitrogens with zero attached hydrogens (tertiary/aromatic N) is 1. The summed E-state index contributed by atoms with van der Waals surface area (Å²) in [5, 5.41) is 2.52. The van der Waals surface area contributed by atoms with Crippen LogP contribution in [0.3, 0.4) is 0 Å². The lowest BCUT2D eigenvalue weighted by Crippen LogP contribution is -2.24. The minimum Gasteiger partial charge on any atom is -0.310 e. The van der Waals surface area contributed by atoms with Crippen molar-refractivity contribution in [3.8, 4) is 44.5 Å². The first-order valence-corrected chi connectivity index (χ1v) is 21.1. The molecule has 280 valence electrons. The van der Waals surface area contributed by atoms with Crippen molar-refractivity contribution in [2.75, 3.05) is 4.90 Å². The maximum Gasteiger partial charge on any atom is 0.0470 e. The van der Waals surface area contributed by atoms with E-state index in [0.717, 1.165) is 24.2 Å². The van der Waals surface area contributed by atoms with Crippen LogP contribution in [-0.2, 0) is 17.3 Å². The smallest absolute Gasteiger partial charge is 0.0470 e. The highest BCUT2D eigenvalue weighted by atomic mass is 15.1. The third-order valence-electron chi connectivity index (χ3n) is 13.9. The number of hydrogen-bond donors (Lipinski definition) is 0. The second-order valence-corrected chi connectivity index (χ2v) is 17.2. The maximum absolute atomic E-state index is 2.51. The van der Waals surface area contributed by atoms with Gasteiger partial charge in [-0.1, -0.05) is 172 Å². The van der Waals surface area contributed by atoms with Crippen LogP contribution in [0.15, 0.2) is 200 Å². The topological polar surface area (TPSA) is 3.24 Å². The van der Waals surface area contributed by atoms with Crippen molar-refractivity contribution in [2.24, 2.45) is 0 Å². The van der Waals surface area contributed by atoms with Crippen molar-refractivity contribution in [3.05, 3.63) is 234 Å². The molecule has 0 bridgehead atoms. The van der Waals surface area contributed by atoms with Gasteiger partial charge in [0.15, 0.2) is 0 Å². The van der Waals surface area contributed by atoms with E-state index in [4.69, 9.17) is 0 Å². The summed E-state index contributed by atoms with van der Waals surface area (Å²) in [7, 11) is 0. The van der Waals surface area contributed by atoms with Gasteiger partial charge in [0.05, 0.1) is 0 Å². The van der Waals surface area contributed by atoms with E-state index in [9.17, 15) is 0 Å². The average Bonchev–Trinajstić information content (AvgIpc) is 3.90. The van der Waals surface area contributed by atoms with Crippen molar-refractivity contribution >= 4 is 27.8 Å². The predicted molar refractivity (Wildman–Crippen MR) is 247 cm³/mol. The Morgan fingerprint density at radius 1 is 0.373 bits per heavy atom. The summed E-state index contributed by atoms with van der Waals surface area (Å²) >= 11 is 0. The number of fused-ring (bicyclic) bond motifs is 11. The van der Waals surface area contributed by atoms with Gasteiger partial charge in [-0.3, -0.25) is 0 Å². The number of hydrogen-bond acceptors (Lipinski definition) is 1. The van der Waals surface area contributed by atoms with Gasteiger partial charge in [0.1, 0.15) is 0 Å². The molecule has 1 heteroatoms. The zero-order valence-corrected chi connectivity index (χ0v) is 33.4. The van der Waals surface area contributed by atoms with Crippen LogP contribution in [0.4, 0.5) is 17.1 Å². The molecule has 0 saturated heterocycles. The van der Waals surface area contributed by atoms with Crippen LogP contribution in [0.2, 0.25) is 0 Å². The summed E-state index contributed by atoms with van der Waals surface area (Å²) in [6.07, 6.45) is 2.16. The molecular formula is C58H43N. The van der Waals surface area contributed by atoms with Crippen molar-refractivity contribution in [2.45, 2.75) is 37.5 Å². The first-order valence-electron chi connectivity index (χ1n) is 21.1. The summed E-state index contributed by atoms with van der Waals surface area (Å²) in [6.45, 7) is 4.75. The zero-order valence-electron chi connectivity index (χ0n) is 33.4. The SMILES string of the molecule is CC1(C)c2ccccc2-c2cccc(-c3ccc(N(c4ccc(-c5ccc6ccccc6c5)cc4)c4ccc5c(c4)C4(CCc6ccccc64)c4ccccc4-5)cc3)c21. The summed E-state index contributed by atoms with van der Waals surface area (Å²) in [5.41, 5.74) is 22.2. The minimum absolute atomic E-state index is 0.0865. The van der Waals surface area contributed by atoms with E-state index >= 15 is 0 Å². The van der Waals surface area contributed by atoms with Gasteiger partial charge in [-0.25, -0.2) is 0 Å². The average molecular weight is 754 g/mol. The van der Waals surface area contributed by atoms with Crippen molar-refractivity contribution < 1.29 is 0 Å². The third kappa shape index (κ3) is 4.98. The normalized spacial score (nSPS) is 16.4. The van der Waals surface area contributed by atoms with Gasteiger partial charge < -0.3 is 4.90 Å². The molecule has 0 radical (unpaired) electrons. The molecule has 0 aromatic heterocycles. The molecule has 9 aromatic carbocycles. The zero-order chi connectivity index (χ0) is 39.3. The van der Waals surface area contributed by atoms with Crippen LogP contribution >= 0.6 is 0 Å². The first kappa shape index (κ1) is 34.1. The molecule has 1 spiro atoms. The molecule has 9 aromatic rings. The molecule has 12 rings (SSSR count). The van der Waals surface area contributed by atoms with Gasteiger partial charge >= 0.3 is 0 Å². The maximum atomic E-state index is 2.51. The van der Waals surface area contributed by atoms with Gasteiger partial charge in [0, 0.05) is 27.9 Å². The van der Waals surface area contributed by atoms with Crippen LogP contribution in [0, 0.1) is 0 Å². The Bertz CT molecular complexity index is 3130. The molecule has 0 saturated carbocycles. The monoisotopic (exact) mass is 753 g/mol. The van der Waals surface area contributed by atoms with E-state index in [1.54, 1.807) is 0 Å². The Morgan fingerprint density at radius 3 is 1.71 bits per heavy atom. The summed E-state index contributed by atoms with van der Waals surface area (Å²) in [4.78, 5) is 2.46. The molecule has 0 amide bonds. The van der Waals surface area contributed by atoms with Crippen LogP contribution in [0.25, 0.3) is 55.3 Å². The largest absolute Gasteiger partial charge is 0.310 e. The lowest BCUT2D eigenvalue weighted by atomic mass is 9.73. The van der Waals surface area contributed by atoms with E-state index < -0.39 is 0 Å². The van der Waals surface area contributed by atoms with Crippen LogP contribution in [-0.4, -0.2) is 0 Å². The fourth-order valence-corrected chi connectivity index (χ4v) is 11.2. The van der Waals surface area contributed by atoms with Gasteiger partial charge in [0.2, 0.25) is 0 Å². The summed E-state index contributed by atoms with van der Waals surface area (Å²) in [6, 6.07) is 75.1. The number of rotatable bonds is 5. The molecule has 3 aliphatic rings. The van der Waals surface area contributed by atoms with E-state index in [1.165, 1.54) is 94.3 Å². The third-order valence-corrected chi connectivity index (χ3v) is 13.9. The van der Waals surface area contributed by atoms with Crippen LogP contribution in [0.1, 0.15) is 53.6 Å². The van der Waals surface area contributed by atoms with Crippen LogP contribution in [0.5, 0.6) is 0 Å². The van der Waals surface area contributed by atoms with E-state index in [2.05, 4.69) is 219 Å². The Kier molecular flexibility index (Phi) is 7.38. The fraction of sp³-hybridized carbons (Fsp3) is 0.103. The lowest BCUT2D eigenvalue weighted by molar-refractivity contribution is 0.626. The molecule has 3 aliphatic carbocycles. The van der Waals surface area contributed by atoms with E-state index in [0.29, 0.717) is 0 Å². The highest BCUT2D eigenvalue weighted by Gasteiger charge is 2.48. The molecular weight excluding hydrogens is 711 g/mol.